The van der Waals surface area contributed by atoms with Gasteiger partial charge in [0, 0.05) is 6.04 Å². The number of benzene rings is 1. The van der Waals surface area contributed by atoms with Crippen LogP contribution in [0.25, 0.3) is 16.7 Å². The summed E-state index contributed by atoms with van der Waals surface area (Å²) in [5.41, 5.74) is -0.574. The molecule has 5 rings (SSSR count). The highest BCUT2D eigenvalue weighted by Crippen LogP contribution is 2.36. The second-order valence-corrected chi connectivity index (χ2v) is 10.3. The maximum atomic E-state index is 14.1. The second kappa shape index (κ2) is 8.17. The summed E-state index contributed by atoms with van der Waals surface area (Å²) in [5.74, 6) is -0.615. The molecular formula is C25H29BFN3O4. The van der Waals surface area contributed by atoms with Gasteiger partial charge < -0.3 is 9.31 Å². The lowest BCUT2D eigenvalue weighted by Crippen LogP contribution is -2.43. The summed E-state index contributed by atoms with van der Waals surface area (Å²) in [6.07, 6.45) is 5.51. The molecule has 9 heteroatoms. The van der Waals surface area contributed by atoms with Crippen molar-refractivity contribution < 1.29 is 13.7 Å². The van der Waals surface area contributed by atoms with Gasteiger partial charge >= 0.3 is 12.8 Å². The summed E-state index contributed by atoms with van der Waals surface area (Å²) in [7, 11) is -0.610. The molecule has 7 nitrogen and oxygen atoms in total. The molecule has 0 spiro atoms. The largest absolute Gasteiger partial charge is 0.494 e. The maximum Gasteiger partial charge on any atom is 0.494 e. The van der Waals surface area contributed by atoms with Gasteiger partial charge in [0.15, 0.2) is 5.65 Å². The third kappa shape index (κ3) is 3.71. The molecule has 1 aromatic carbocycles. The van der Waals surface area contributed by atoms with Gasteiger partial charge in [-0.3, -0.25) is 9.36 Å². The van der Waals surface area contributed by atoms with Crippen LogP contribution in [0.1, 0.15) is 65.8 Å². The molecule has 3 aromatic rings. The highest BCUT2D eigenvalue weighted by Gasteiger charge is 2.51. The van der Waals surface area contributed by atoms with E-state index >= 15 is 0 Å². The molecule has 2 aromatic heterocycles. The first-order valence-corrected chi connectivity index (χ1v) is 11.9. The Bertz CT molecular complexity index is 1360. The molecule has 1 aliphatic carbocycles. The van der Waals surface area contributed by atoms with Gasteiger partial charge in [0.1, 0.15) is 5.82 Å². The van der Waals surface area contributed by atoms with Crippen LogP contribution >= 0.6 is 0 Å². The molecule has 0 atom stereocenters. The summed E-state index contributed by atoms with van der Waals surface area (Å²) in [5, 5.41) is 0.0891. The predicted molar refractivity (Wildman–Crippen MR) is 129 cm³/mol. The Morgan fingerprint density at radius 2 is 1.71 bits per heavy atom. The lowest BCUT2D eigenvalue weighted by Gasteiger charge is -2.32. The monoisotopic (exact) mass is 465 g/mol. The summed E-state index contributed by atoms with van der Waals surface area (Å²) in [6.45, 7) is 7.92. The van der Waals surface area contributed by atoms with Crippen molar-refractivity contribution in [2.75, 3.05) is 0 Å². The zero-order valence-electron chi connectivity index (χ0n) is 20.0. The van der Waals surface area contributed by atoms with Crippen LogP contribution < -0.4 is 16.7 Å². The molecule has 0 radical (unpaired) electrons. The number of hydrogen-bond acceptors (Lipinski definition) is 5. The summed E-state index contributed by atoms with van der Waals surface area (Å²) < 4.78 is 29.2. The first-order chi connectivity index (χ1) is 16.1. The highest BCUT2D eigenvalue weighted by atomic mass is 19.1. The number of rotatable bonds is 3. The van der Waals surface area contributed by atoms with E-state index in [1.807, 2.05) is 45.9 Å². The van der Waals surface area contributed by atoms with E-state index in [4.69, 9.17) is 9.31 Å². The van der Waals surface area contributed by atoms with Crippen molar-refractivity contribution >= 4 is 23.6 Å². The number of fused-ring (bicyclic) bond motifs is 1. The Labute approximate surface area is 197 Å². The van der Waals surface area contributed by atoms with E-state index in [-0.39, 0.29) is 17.1 Å². The topological polar surface area (TPSA) is 75.4 Å². The molecule has 2 aliphatic rings. The Balaban J connectivity index is 1.70. The van der Waals surface area contributed by atoms with E-state index < -0.39 is 35.4 Å². The summed E-state index contributed by atoms with van der Waals surface area (Å²) in [6, 6.07) is 8.23. The lowest BCUT2D eigenvalue weighted by molar-refractivity contribution is 0.00578. The SMILES string of the molecule is CC1(C)OB(c2cccc(-n3c(=O)n(C4CCCCC4)c(=O)c4cc(F)cnc43)c2)OC1(C)C. The fraction of sp³-hybridized carbons (Fsp3) is 0.480. The van der Waals surface area contributed by atoms with E-state index in [1.165, 1.54) is 9.13 Å². The van der Waals surface area contributed by atoms with E-state index in [0.29, 0.717) is 5.69 Å². The molecule has 0 unspecified atom stereocenters. The number of halogens is 1. The average Bonchev–Trinajstić information content (AvgIpc) is 3.02. The number of pyridine rings is 1. The van der Waals surface area contributed by atoms with Crippen molar-refractivity contribution in [3.63, 3.8) is 0 Å². The number of hydrogen-bond donors (Lipinski definition) is 0. The van der Waals surface area contributed by atoms with E-state index in [0.717, 1.165) is 49.8 Å². The van der Waals surface area contributed by atoms with Gasteiger partial charge in [-0.1, -0.05) is 31.4 Å². The molecule has 1 aliphatic heterocycles. The number of nitrogens with zero attached hydrogens (tertiary/aromatic N) is 3. The smallest absolute Gasteiger partial charge is 0.399 e. The molecule has 1 saturated carbocycles. The van der Waals surface area contributed by atoms with Crippen molar-refractivity contribution in [3.05, 3.63) is 63.2 Å². The summed E-state index contributed by atoms with van der Waals surface area (Å²) in [4.78, 5) is 31.2. The molecule has 1 saturated heterocycles. The Kier molecular flexibility index (Phi) is 5.52. The summed E-state index contributed by atoms with van der Waals surface area (Å²) >= 11 is 0. The zero-order chi connectivity index (χ0) is 24.3. The second-order valence-electron chi connectivity index (χ2n) is 10.3. The fourth-order valence-corrected chi connectivity index (χ4v) is 4.87. The standard InChI is InChI=1S/C25H29BFN3O4/c1-24(2)25(3,4)34-26(33-24)16-9-8-12-19(13-16)29-21-20(14-17(27)15-28-21)22(31)30(23(29)32)18-10-6-5-7-11-18/h8-9,12-15,18H,5-7,10-11H2,1-4H3. The van der Waals surface area contributed by atoms with Crippen LogP contribution in [0.2, 0.25) is 0 Å². The van der Waals surface area contributed by atoms with Crippen molar-refractivity contribution in [1.29, 1.82) is 0 Å². The van der Waals surface area contributed by atoms with Gasteiger partial charge in [-0.25, -0.2) is 18.7 Å². The van der Waals surface area contributed by atoms with E-state index in [2.05, 4.69) is 4.98 Å². The van der Waals surface area contributed by atoms with Gasteiger partial charge in [0.05, 0.1) is 28.5 Å². The minimum atomic E-state index is -0.615. The molecule has 2 fully saturated rings. The first kappa shape index (κ1) is 23.0. The van der Waals surface area contributed by atoms with Crippen LogP contribution in [0, 0.1) is 5.82 Å². The minimum absolute atomic E-state index is 0.0891. The van der Waals surface area contributed by atoms with Gasteiger partial charge in [-0.05, 0) is 64.2 Å². The van der Waals surface area contributed by atoms with Gasteiger partial charge in [0.2, 0.25) is 0 Å². The lowest BCUT2D eigenvalue weighted by atomic mass is 9.79. The quantitative estimate of drug-likeness (QED) is 0.554. The van der Waals surface area contributed by atoms with Gasteiger partial charge in [0.25, 0.3) is 5.56 Å². The normalized spacial score (nSPS) is 20.2. The van der Waals surface area contributed by atoms with Crippen molar-refractivity contribution in [1.82, 2.24) is 14.1 Å². The van der Waals surface area contributed by atoms with Crippen LogP contribution in [0.4, 0.5) is 4.39 Å². The van der Waals surface area contributed by atoms with E-state index in [1.54, 1.807) is 6.07 Å². The van der Waals surface area contributed by atoms with Gasteiger partial charge in [-0.2, -0.15) is 0 Å². The Morgan fingerprint density at radius 3 is 2.38 bits per heavy atom. The molecule has 178 valence electrons. The predicted octanol–water partition coefficient (Wildman–Crippen LogP) is 3.49. The Hall–Kier alpha value is -2.78. The zero-order valence-corrected chi connectivity index (χ0v) is 20.0. The van der Waals surface area contributed by atoms with Crippen molar-refractivity contribution in [2.24, 2.45) is 0 Å². The van der Waals surface area contributed by atoms with Crippen LogP contribution in [-0.4, -0.2) is 32.4 Å². The first-order valence-electron chi connectivity index (χ1n) is 11.9. The van der Waals surface area contributed by atoms with Crippen LogP contribution in [0.15, 0.2) is 46.1 Å². The van der Waals surface area contributed by atoms with Gasteiger partial charge in [-0.15, -0.1) is 0 Å². The third-order valence-electron chi connectivity index (χ3n) is 7.49. The third-order valence-corrected chi connectivity index (χ3v) is 7.49. The maximum absolute atomic E-state index is 14.1. The fourth-order valence-electron chi connectivity index (χ4n) is 4.87. The Morgan fingerprint density at radius 1 is 1.03 bits per heavy atom. The van der Waals surface area contributed by atoms with Crippen LogP contribution in [0.3, 0.4) is 0 Å². The molecule has 34 heavy (non-hydrogen) atoms. The van der Waals surface area contributed by atoms with Crippen molar-refractivity contribution in [2.45, 2.75) is 77.0 Å². The minimum Gasteiger partial charge on any atom is -0.399 e. The van der Waals surface area contributed by atoms with E-state index in [9.17, 15) is 14.0 Å². The van der Waals surface area contributed by atoms with Crippen LogP contribution in [0.5, 0.6) is 0 Å². The highest BCUT2D eigenvalue weighted by molar-refractivity contribution is 6.62. The molecule has 0 N–H and O–H groups in total. The average molecular weight is 465 g/mol. The molecule has 3 heterocycles. The molecule has 0 amide bonds. The molecule has 0 bridgehead atoms. The van der Waals surface area contributed by atoms with Crippen molar-refractivity contribution in [3.8, 4) is 5.69 Å². The molecular weight excluding hydrogens is 436 g/mol. The van der Waals surface area contributed by atoms with Crippen LogP contribution in [-0.2, 0) is 9.31 Å². The number of aromatic nitrogens is 3.